The highest BCUT2D eigenvalue weighted by molar-refractivity contribution is 4.77. The van der Waals surface area contributed by atoms with E-state index in [0.717, 1.165) is 39.3 Å². The molecule has 0 spiro atoms. The zero-order valence-corrected chi connectivity index (χ0v) is 6.77. The Kier molecular flexibility index (Phi) is 2.38. The van der Waals surface area contributed by atoms with Crippen molar-refractivity contribution in [3.63, 3.8) is 0 Å². The molecular formula is C7H16N4. The van der Waals surface area contributed by atoms with Crippen molar-refractivity contribution in [2.75, 3.05) is 39.3 Å². The van der Waals surface area contributed by atoms with Gasteiger partial charge < -0.3 is 5.32 Å². The van der Waals surface area contributed by atoms with Crippen molar-refractivity contribution in [2.24, 2.45) is 0 Å². The number of hydrogen-bond donors (Lipinski definition) is 3. The summed E-state index contributed by atoms with van der Waals surface area (Å²) in [5.41, 5.74) is 0. The summed E-state index contributed by atoms with van der Waals surface area (Å²) < 4.78 is 0. The third-order valence-corrected chi connectivity index (χ3v) is 2.32. The summed E-state index contributed by atoms with van der Waals surface area (Å²) in [7, 11) is 0. The van der Waals surface area contributed by atoms with Crippen molar-refractivity contribution >= 4 is 0 Å². The van der Waals surface area contributed by atoms with Crippen molar-refractivity contribution in [3.05, 3.63) is 0 Å². The molecule has 0 bridgehead atoms. The summed E-state index contributed by atoms with van der Waals surface area (Å²) in [6, 6.07) is 0. The summed E-state index contributed by atoms with van der Waals surface area (Å²) >= 11 is 0. The molecule has 2 fully saturated rings. The van der Waals surface area contributed by atoms with Crippen LogP contribution in [0.5, 0.6) is 0 Å². The molecule has 0 aromatic heterocycles. The molecule has 0 amide bonds. The zero-order valence-electron chi connectivity index (χ0n) is 6.77. The Morgan fingerprint density at radius 1 is 0.909 bits per heavy atom. The van der Waals surface area contributed by atoms with Gasteiger partial charge in [0.05, 0.1) is 0 Å². The van der Waals surface area contributed by atoms with Crippen LogP contribution in [0.4, 0.5) is 0 Å². The molecule has 11 heavy (non-hydrogen) atoms. The summed E-state index contributed by atoms with van der Waals surface area (Å²) in [6.07, 6.45) is 0.442. The molecule has 4 nitrogen and oxygen atoms in total. The second kappa shape index (κ2) is 3.49. The van der Waals surface area contributed by atoms with Gasteiger partial charge in [-0.25, -0.2) is 0 Å². The molecule has 2 rings (SSSR count). The molecule has 2 saturated heterocycles. The smallest absolute Gasteiger partial charge is 0.114 e. The molecule has 64 valence electrons. The highest BCUT2D eigenvalue weighted by Gasteiger charge is 2.21. The van der Waals surface area contributed by atoms with Gasteiger partial charge in [-0.05, 0) is 0 Å². The van der Waals surface area contributed by atoms with E-state index in [4.69, 9.17) is 0 Å². The van der Waals surface area contributed by atoms with E-state index in [9.17, 15) is 0 Å². The van der Waals surface area contributed by atoms with Crippen LogP contribution in [-0.4, -0.2) is 50.5 Å². The van der Waals surface area contributed by atoms with Crippen LogP contribution in [0, 0.1) is 0 Å². The van der Waals surface area contributed by atoms with E-state index in [1.54, 1.807) is 0 Å². The molecule has 0 aromatic carbocycles. The van der Waals surface area contributed by atoms with Crippen LogP contribution in [-0.2, 0) is 0 Å². The van der Waals surface area contributed by atoms with Gasteiger partial charge in [0.25, 0.3) is 0 Å². The van der Waals surface area contributed by atoms with Gasteiger partial charge in [0.15, 0.2) is 0 Å². The van der Waals surface area contributed by atoms with Gasteiger partial charge in [0.1, 0.15) is 6.29 Å². The lowest BCUT2D eigenvalue weighted by Gasteiger charge is -2.32. The summed E-state index contributed by atoms with van der Waals surface area (Å²) in [6.45, 7) is 6.78. The number of nitrogens with one attached hydrogen (secondary N) is 3. The normalized spacial score (nSPS) is 29.5. The van der Waals surface area contributed by atoms with E-state index >= 15 is 0 Å². The topological polar surface area (TPSA) is 39.3 Å². The SMILES string of the molecule is C1CN(C2NCCN2)CCN1. The van der Waals surface area contributed by atoms with E-state index in [1.807, 2.05) is 0 Å². The molecule has 0 radical (unpaired) electrons. The summed E-state index contributed by atoms with van der Waals surface area (Å²) in [5, 5.41) is 10.2. The Morgan fingerprint density at radius 2 is 1.55 bits per heavy atom. The van der Waals surface area contributed by atoms with Crippen molar-refractivity contribution in [3.8, 4) is 0 Å². The molecule has 3 N–H and O–H groups in total. The Hall–Kier alpha value is -0.160. The minimum atomic E-state index is 0.442. The van der Waals surface area contributed by atoms with Crippen LogP contribution in [0.15, 0.2) is 0 Å². The van der Waals surface area contributed by atoms with Crippen LogP contribution < -0.4 is 16.0 Å². The van der Waals surface area contributed by atoms with Crippen LogP contribution >= 0.6 is 0 Å². The van der Waals surface area contributed by atoms with Crippen LogP contribution in [0.25, 0.3) is 0 Å². The fourth-order valence-electron chi connectivity index (χ4n) is 1.69. The maximum absolute atomic E-state index is 3.41. The summed E-state index contributed by atoms with van der Waals surface area (Å²) in [5.74, 6) is 0. The van der Waals surface area contributed by atoms with Gasteiger partial charge in [0, 0.05) is 39.3 Å². The fourth-order valence-corrected chi connectivity index (χ4v) is 1.69. The number of hydrogen-bond acceptors (Lipinski definition) is 4. The van der Waals surface area contributed by atoms with Crippen molar-refractivity contribution in [2.45, 2.75) is 6.29 Å². The van der Waals surface area contributed by atoms with Crippen LogP contribution in [0.1, 0.15) is 0 Å². The standard InChI is InChI=1S/C7H16N4/c1-2-10-7(9-1)11-5-3-8-4-6-11/h7-10H,1-6H2. The largest absolute Gasteiger partial charge is 0.314 e. The number of nitrogens with zero attached hydrogens (tertiary/aromatic N) is 1. The lowest BCUT2D eigenvalue weighted by Crippen LogP contribution is -2.55. The molecule has 2 aliphatic rings. The van der Waals surface area contributed by atoms with Crippen LogP contribution in [0.2, 0.25) is 0 Å². The van der Waals surface area contributed by atoms with E-state index < -0.39 is 0 Å². The monoisotopic (exact) mass is 156 g/mol. The first-order valence-electron chi connectivity index (χ1n) is 4.38. The third kappa shape index (κ3) is 1.70. The van der Waals surface area contributed by atoms with Gasteiger partial charge in [-0.1, -0.05) is 0 Å². The van der Waals surface area contributed by atoms with Gasteiger partial charge in [-0.2, -0.15) is 0 Å². The van der Waals surface area contributed by atoms with Crippen molar-refractivity contribution in [1.82, 2.24) is 20.9 Å². The number of piperazine rings is 1. The molecule has 4 heteroatoms. The van der Waals surface area contributed by atoms with Crippen LogP contribution in [0.3, 0.4) is 0 Å². The number of rotatable bonds is 1. The van der Waals surface area contributed by atoms with E-state index in [-0.39, 0.29) is 0 Å². The first-order chi connectivity index (χ1) is 5.47. The molecule has 0 atom stereocenters. The second-order valence-electron chi connectivity index (χ2n) is 3.10. The predicted octanol–water partition coefficient (Wildman–Crippen LogP) is -1.63. The fraction of sp³-hybridized carbons (Fsp3) is 1.00. The molecule has 0 unspecified atom stereocenters. The van der Waals surface area contributed by atoms with E-state index in [0.29, 0.717) is 6.29 Å². The maximum Gasteiger partial charge on any atom is 0.114 e. The molecule has 2 aliphatic heterocycles. The van der Waals surface area contributed by atoms with Gasteiger partial charge in [0.2, 0.25) is 0 Å². The average molecular weight is 156 g/mol. The quantitative estimate of drug-likeness (QED) is 0.426. The summed E-state index contributed by atoms with van der Waals surface area (Å²) in [4.78, 5) is 2.45. The maximum atomic E-state index is 3.41. The first-order valence-corrected chi connectivity index (χ1v) is 4.38. The van der Waals surface area contributed by atoms with Gasteiger partial charge in [-0.3, -0.25) is 15.5 Å². The highest BCUT2D eigenvalue weighted by atomic mass is 15.4. The zero-order chi connectivity index (χ0) is 7.52. The molecular weight excluding hydrogens is 140 g/mol. The Balaban J connectivity index is 1.82. The Morgan fingerprint density at radius 3 is 2.18 bits per heavy atom. The van der Waals surface area contributed by atoms with Crippen molar-refractivity contribution < 1.29 is 0 Å². The van der Waals surface area contributed by atoms with E-state index in [1.165, 1.54) is 0 Å². The minimum absolute atomic E-state index is 0.442. The minimum Gasteiger partial charge on any atom is -0.314 e. The Bertz CT molecular complexity index is 116. The lowest BCUT2D eigenvalue weighted by atomic mass is 10.4. The first kappa shape index (κ1) is 7.49. The molecule has 0 saturated carbocycles. The predicted molar refractivity (Wildman–Crippen MR) is 44.2 cm³/mol. The third-order valence-electron chi connectivity index (χ3n) is 2.32. The molecule has 2 heterocycles. The van der Waals surface area contributed by atoms with Gasteiger partial charge >= 0.3 is 0 Å². The van der Waals surface area contributed by atoms with Gasteiger partial charge in [-0.15, -0.1) is 0 Å². The molecule has 0 aliphatic carbocycles. The lowest BCUT2D eigenvalue weighted by molar-refractivity contribution is 0.145. The van der Waals surface area contributed by atoms with E-state index in [2.05, 4.69) is 20.9 Å². The van der Waals surface area contributed by atoms with Crippen molar-refractivity contribution in [1.29, 1.82) is 0 Å². The highest BCUT2D eigenvalue weighted by Crippen LogP contribution is 1.98. The average Bonchev–Trinajstić information content (AvgIpc) is 2.58. The second-order valence-corrected chi connectivity index (χ2v) is 3.10. The molecule has 0 aromatic rings. The Labute approximate surface area is 67.3 Å².